The van der Waals surface area contributed by atoms with Crippen LogP contribution in [0, 0.1) is 12.7 Å². The molecule has 5 rings (SSSR count). The molecule has 174 valence electrons. The molecule has 1 aromatic heterocycles. The lowest BCUT2D eigenvalue weighted by atomic mass is 9.84. The molecule has 34 heavy (non-hydrogen) atoms. The molecule has 5 nitrogen and oxygen atoms in total. The van der Waals surface area contributed by atoms with Crippen LogP contribution in [-0.4, -0.2) is 18.2 Å². The van der Waals surface area contributed by atoms with Gasteiger partial charge in [-0.05, 0) is 54.7 Å². The second-order valence-corrected chi connectivity index (χ2v) is 8.86. The smallest absolute Gasteiger partial charge is 0.215 e. The highest BCUT2D eigenvalue weighted by molar-refractivity contribution is 5.82. The summed E-state index contributed by atoms with van der Waals surface area (Å²) in [5, 5.41) is 11.6. The Balaban J connectivity index is 1.35. The summed E-state index contributed by atoms with van der Waals surface area (Å²) >= 11 is 0. The second-order valence-electron chi connectivity index (χ2n) is 8.86. The topological polar surface area (TPSA) is 62.9 Å². The number of aryl methyl sites for hydroxylation is 1. The summed E-state index contributed by atoms with van der Waals surface area (Å²) in [6, 6.07) is 19.4. The third-order valence-corrected chi connectivity index (χ3v) is 6.60. The van der Waals surface area contributed by atoms with Crippen molar-refractivity contribution in [1.29, 1.82) is 0 Å². The molecule has 0 atom stereocenters. The van der Waals surface area contributed by atoms with E-state index in [1.54, 1.807) is 18.2 Å². The van der Waals surface area contributed by atoms with Gasteiger partial charge in [-0.25, -0.2) is 4.39 Å². The number of nitrogens with zero attached hydrogens (tertiary/aromatic N) is 1. The van der Waals surface area contributed by atoms with Crippen LogP contribution in [0.1, 0.15) is 29.5 Å². The van der Waals surface area contributed by atoms with Crippen molar-refractivity contribution in [3.63, 3.8) is 0 Å². The number of benzene rings is 3. The van der Waals surface area contributed by atoms with Gasteiger partial charge < -0.3 is 19.2 Å². The minimum absolute atomic E-state index is 0.105. The van der Waals surface area contributed by atoms with E-state index < -0.39 is 5.60 Å². The van der Waals surface area contributed by atoms with Crippen molar-refractivity contribution in [3.05, 3.63) is 106 Å². The highest BCUT2D eigenvalue weighted by Crippen LogP contribution is 2.34. The zero-order valence-electron chi connectivity index (χ0n) is 19.0. The van der Waals surface area contributed by atoms with Crippen molar-refractivity contribution in [2.24, 2.45) is 0 Å². The summed E-state index contributed by atoms with van der Waals surface area (Å²) < 4.78 is 25.1. The molecule has 1 aliphatic heterocycles. The van der Waals surface area contributed by atoms with Gasteiger partial charge in [0.1, 0.15) is 35.7 Å². The lowest BCUT2D eigenvalue weighted by molar-refractivity contribution is 0.0116. The number of anilines is 1. The minimum Gasteiger partial charge on any atom is -0.488 e. The summed E-state index contributed by atoms with van der Waals surface area (Å²) in [5.74, 6) is 0.345. The molecule has 0 saturated carbocycles. The molecule has 0 spiro atoms. The first-order chi connectivity index (χ1) is 16.4. The Morgan fingerprint density at radius 3 is 2.47 bits per heavy atom. The van der Waals surface area contributed by atoms with E-state index in [2.05, 4.69) is 0 Å². The Morgan fingerprint density at radius 1 is 1.06 bits per heavy atom. The maximum atomic E-state index is 13.3. The summed E-state index contributed by atoms with van der Waals surface area (Å²) in [7, 11) is 0. The number of aliphatic hydroxyl groups is 1. The van der Waals surface area contributed by atoms with Gasteiger partial charge in [-0.3, -0.25) is 4.79 Å². The fraction of sp³-hybridized carbons (Fsp3) is 0.250. The number of fused-ring (bicyclic) bond motifs is 1. The van der Waals surface area contributed by atoms with Gasteiger partial charge in [0.15, 0.2) is 0 Å². The Kier molecular flexibility index (Phi) is 5.84. The van der Waals surface area contributed by atoms with Crippen LogP contribution in [0.5, 0.6) is 5.75 Å². The molecule has 0 amide bonds. The lowest BCUT2D eigenvalue weighted by Gasteiger charge is -2.39. The number of ether oxygens (including phenoxy) is 1. The molecular formula is C28H26FNO4. The first-order valence-corrected chi connectivity index (χ1v) is 11.4. The van der Waals surface area contributed by atoms with Gasteiger partial charge in [0.2, 0.25) is 5.43 Å². The normalized spacial score (nSPS) is 15.4. The summed E-state index contributed by atoms with van der Waals surface area (Å²) in [4.78, 5) is 15.2. The number of rotatable bonds is 5. The van der Waals surface area contributed by atoms with E-state index in [0.717, 1.165) is 11.1 Å². The maximum Gasteiger partial charge on any atom is 0.215 e. The zero-order chi connectivity index (χ0) is 23.7. The molecule has 0 unspecified atom stereocenters. The molecule has 1 N–H and O–H groups in total. The molecule has 3 aromatic carbocycles. The number of hydrogen-bond donors (Lipinski definition) is 1. The van der Waals surface area contributed by atoms with Crippen LogP contribution >= 0.6 is 0 Å². The largest absolute Gasteiger partial charge is 0.488 e. The van der Waals surface area contributed by atoms with Crippen molar-refractivity contribution < 1.29 is 18.7 Å². The van der Waals surface area contributed by atoms with Crippen LogP contribution in [-0.2, 0) is 12.2 Å². The van der Waals surface area contributed by atoms with Gasteiger partial charge in [-0.15, -0.1) is 0 Å². The van der Waals surface area contributed by atoms with Gasteiger partial charge in [0.05, 0.1) is 11.0 Å². The van der Waals surface area contributed by atoms with Crippen LogP contribution in [0.3, 0.4) is 0 Å². The molecule has 0 bridgehead atoms. The minimum atomic E-state index is -1.04. The molecule has 4 aromatic rings. The highest BCUT2D eigenvalue weighted by Gasteiger charge is 2.35. The first kappa shape index (κ1) is 22.2. The molecule has 1 aliphatic rings. The highest BCUT2D eigenvalue weighted by atomic mass is 19.1. The average Bonchev–Trinajstić information content (AvgIpc) is 2.85. The molecular weight excluding hydrogens is 433 g/mol. The first-order valence-electron chi connectivity index (χ1n) is 11.4. The Morgan fingerprint density at radius 2 is 1.76 bits per heavy atom. The lowest BCUT2D eigenvalue weighted by Crippen LogP contribution is -2.44. The van der Waals surface area contributed by atoms with Crippen molar-refractivity contribution in [1.82, 2.24) is 0 Å². The van der Waals surface area contributed by atoms with Gasteiger partial charge in [0.25, 0.3) is 0 Å². The van der Waals surface area contributed by atoms with E-state index in [1.807, 2.05) is 48.2 Å². The van der Waals surface area contributed by atoms with Crippen LogP contribution in [0.2, 0.25) is 0 Å². The maximum absolute atomic E-state index is 13.3. The van der Waals surface area contributed by atoms with E-state index in [-0.39, 0.29) is 11.2 Å². The van der Waals surface area contributed by atoms with Gasteiger partial charge in [0, 0.05) is 19.2 Å². The van der Waals surface area contributed by atoms with Gasteiger partial charge >= 0.3 is 0 Å². The Labute approximate surface area is 197 Å². The average molecular weight is 460 g/mol. The number of piperidine rings is 1. The predicted octanol–water partition coefficient (Wildman–Crippen LogP) is 5.31. The SMILES string of the molecule is Cc1cc2c(=O)c(N3CCC(O)(c4ccc(F)cc4)CC3)coc2cc1OCc1ccccc1. The van der Waals surface area contributed by atoms with Crippen LogP contribution in [0.4, 0.5) is 10.1 Å². The van der Waals surface area contributed by atoms with Crippen molar-refractivity contribution in [2.75, 3.05) is 18.0 Å². The molecule has 1 fully saturated rings. The molecule has 0 aliphatic carbocycles. The van der Waals surface area contributed by atoms with Crippen LogP contribution in [0.25, 0.3) is 11.0 Å². The molecule has 2 heterocycles. The molecule has 6 heteroatoms. The van der Waals surface area contributed by atoms with E-state index in [0.29, 0.717) is 60.5 Å². The van der Waals surface area contributed by atoms with Crippen molar-refractivity contribution >= 4 is 16.7 Å². The summed E-state index contributed by atoms with van der Waals surface area (Å²) in [5.41, 5.74) is 2.42. The zero-order valence-corrected chi connectivity index (χ0v) is 19.0. The summed E-state index contributed by atoms with van der Waals surface area (Å²) in [6.45, 7) is 3.32. The van der Waals surface area contributed by atoms with E-state index in [4.69, 9.17) is 9.15 Å². The fourth-order valence-electron chi connectivity index (χ4n) is 4.53. The monoisotopic (exact) mass is 459 g/mol. The van der Waals surface area contributed by atoms with E-state index >= 15 is 0 Å². The third-order valence-electron chi connectivity index (χ3n) is 6.60. The van der Waals surface area contributed by atoms with E-state index in [9.17, 15) is 14.3 Å². The van der Waals surface area contributed by atoms with Gasteiger partial charge in [-0.2, -0.15) is 0 Å². The van der Waals surface area contributed by atoms with E-state index in [1.165, 1.54) is 18.4 Å². The predicted molar refractivity (Wildman–Crippen MR) is 130 cm³/mol. The Bertz CT molecular complexity index is 1360. The number of halogens is 1. The Hall–Kier alpha value is -3.64. The fourth-order valence-corrected chi connectivity index (χ4v) is 4.53. The number of hydrogen-bond acceptors (Lipinski definition) is 5. The molecule has 0 radical (unpaired) electrons. The third kappa shape index (κ3) is 4.29. The van der Waals surface area contributed by atoms with Crippen LogP contribution < -0.4 is 15.1 Å². The summed E-state index contributed by atoms with van der Waals surface area (Å²) in [6.07, 6.45) is 2.35. The van der Waals surface area contributed by atoms with Crippen LogP contribution in [0.15, 0.2) is 82.2 Å². The molecule has 1 saturated heterocycles. The quantitative estimate of drug-likeness (QED) is 0.438. The second kappa shape index (κ2) is 8.95. The standard InChI is InChI=1S/C28H26FNO4/c1-19-15-23-26(16-25(19)33-17-20-5-3-2-4-6-20)34-18-24(27(23)31)30-13-11-28(32,12-14-30)21-7-9-22(29)10-8-21/h2-10,15-16,18,32H,11-14,17H2,1H3. The van der Waals surface area contributed by atoms with Crippen molar-refractivity contribution in [2.45, 2.75) is 32.0 Å². The van der Waals surface area contributed by atoms with Gasteiger partial charge in [-0.1, -0.05) is 42.5 Å². The van der Waals surface area contributed by atoms with Crippen molar-refractivity contribution in [3.8, 4) is 5.75 Å².